The quantitative estimate of drug-likeness (QED) is 0.816. The van der Waals surface area contributed by atoms with Crippen molar-refractivity contribution < 1.29 is 9.21 Å². The van der Waals surface area contributed by atoms with E-state index in [0.29, 0.717) is 23.3 Å². The molecule has 4 nitrogen and oxygen atoms in total. The van der Waals surface area contributed by atoms with E-state index in [4.69, 9.17) is 4.42 Å². The van der Waals surface area contributed by atoms with Gasteiger partial charge in [-0.2, -0.15) is 0 Å². The summed E-state index contributed by atoms with van der Waals surface area (Å²) in [6, 6.07) is 2.21. The molecule has 122 valence electrons. The van der Waals surface area contributed by atoms with Gasteiger partial charge in [-0.05, 0) is 49.7 Å². The molecule has 0 bridgehead atoms. The number of hydrogen-bond acceptors (Lipinski definition) is 6. The monoisotopic (exact) mass is 348 g/mol. The molecule has 0 aliphatic heterocycles. The summed E-state index contributed by atoms with van der Waals surface area (Å²) >= 11 is 3.22. The van der Waals surface area contributed by atoms with Crippen LogP contribution in [0.2, 0.25) is 0 Å². The van der Waals surface area contributed by atoms with Crippen molar-refractivity contribution >= 4 is 28.9 Å². The SMILES string of the molecule is C[C@H]1CCc2sc(-c3nnc(S[C@H]4CCCCC4=O)o3)cc2C1. The summed E-state index contributed by atoms with van der Waals surface area (Å²) in [6.07, 6.45) is 7.32. The van der Waals surface area contributed by atoms with Crippen LogP contribution in [0.4, 0.5) is 0 Å². The van der Waals surface area contributed by atoms with Crippen molar-refractivity contribution in [3.05, 3.63) is 16.5 Å². The number of Topliss-reactive ketones (excluding diaryl/α,β-unsaturated/α-hetero) is 1. The maximum absolute atomic E-state index is 11.9. The minimum absolute atomic E-state index is 0.00515. The molecule has 0 aromatic carbocycles. The summed E-state index contributed by atoms with van der Waals surface area (Å²) in [5, 5.41) is 8.87. The van der Waals surface area contributed by atoms with E-state index in [1.807, 2.05) is 0 Å². The van der Waals surface area contributed by atoms with Gasteiger partial charge >= 0.3 is 0 Å². The minimum atomic E-state index is -0.00515. The highest BCUT2D eigenvalue weighted by Crippen LogP contribution is 2.38. The molecule has 0 amide bonds. The van der Waals surface area contributed by atoms with Crippen molar-refractivity contribution in [3.8, 4) is 10.8 Å². The number of thioether (sulfide) groups is 1. The van der Waals surface area contributed by atoms with Crippen molar-refractivity contribution in [3.63, 3.8) is 0 Å². The van der Waals surface area contributed by atoms with Crippen LogP contribution >= 0.6 is 23.1 Å². The lowest BCUT2D eigenvalue weighted by Crippen LogP contribution is -2.21. The predicted molar refractivity (Wildman–Crippen MR) is 91.9 cm³/mol. The third kappa shape index (κ3) is 3.24. The van der Waals surface area contributed by atoms with Crippen molar-refractivity contribution in [2.24, 2.45) is 5.92 Å². The van der Waals surface area contributed by atoms with Gasteiger partial charge in [0.15, 0.2) is 0 Å². The predicted octanol–water partition coefficient (Wildman–Crippen LogP) is 4.53. The fraction of sp³-hybridized carbons (Fsp3) is 0.588. The number of thiophene rings is 1. The number of hydrogen-bond donors (Lipinski definition) is 0. The molecular weight excluding hydrogens is 328 g/mol. The number of rotatable bonds is 3. The molecule has 2 aliphatic carbocycles. The Bertz CT molecular complexity index is 722. The van der Waals surface area contributed by atoms with E-state index >= 15 is 0 Å². The second-order valence-corrected chi connectivity index (χ2v) is 8.89. The lowest BCUT2D eigenvalue weighted by Gasteiger charge is -2.17. The van der Waals surface area contributed by atoms with Gasteiger partial charge in [-0.25, -0.2) is 0 Å². The number of nitrogens with zero attached hydrogens (tertiary/aromatic N) is 2. The van der Waals surface area contributed by atoms with Crippen LogP contribution in [0, 0.1) is 5.92 Å². The van der Waals surface area contributed by atoms with E-state index in [-0.39, 0.29) is 5.25 Å². The lowest BCUT2D eigenvalue weighted by molar-refractivity contribution is -0.119. The zero-order valence-electron chi connectivity index (χ0n) is 13.2. The highest BCUT2D eigenvalue weighted by molar-refractivity contribution is 8.00. The van der Waals surface area contributed by atoms with E-state index in [0.717, 1.165) is 42.9 Å². The maximum atomic E-state index is 11.9. The first-order chi connectivity index (χ1) is 11.2. The van der Waals surface area contributed by atoms with Gasteiger partial charge in [0, 0.05) is 11.3 Å². The van der Waals surface area contributed by atoms with Gasteiger partial charge in [-0.1, -0.05) is 25.1 Å². The van der Waals surface area contributed by atoms with E-state index in [2.05, 4.69) is 23.2 Å². The normalized spacial score (nSPS) is 24.7. The lowest BCUT2D eigenvalue weighted by atomic mass is 9.90. The largest absolute Gasteiger partial charge is 0.410 e. The molecule has 0 radical (unpaired) electrons. The van der Waals surface area contributed by atoms with Crippen LogP contribution < -0.4 is 0 Å². The summed E-state index contributed by atoms with van der Waals surface area (Å²) < 4.78 is 5.82. The topological polar surface area (TPSA) is 56.0 Å². The van der Waals surface area contributed by atoms with E-state index in [1.54, 1.807) is 11.3 Å². The molecule has 2 aromatic heterocycles. The van der Waals surface area contributed by atoms with Crippen LogP contribution in [0.25, 0.3) is 10.8 Å². The third-order valence-electron chi connectivity index (χ3n) is 4.69. The number of carbonyl (C=O) groups is 1. The average molecular weight is 348 g/mol. The summed E-state index contributed by atoms with van der Waals surface area (Å²) in [7, 11) is 0. The molecule has 4 rings (SSSR count). The van der Waals surface area contributed by atoms with Gasteiger partial charge in [-0.15, -0.1) is 21.5 Å². The van der Waals surface area contributed by atoms with Crippen LogP contribution in [0.15, 0.2) is 15.7 Å². The number of aromatic nitrogens is 2. The molecule has 1 saturated carbocycles. The van der Waals surface area contributed by atoms with Crippen LogP contribution in [0.3, 0.4) is 0 Å². The van der Waals surface area contributed by atoms with Gasteiger partial charge in [-0.3, -0.25) is 4.79 Å². The molecule has 2 atom stereocenters. The molecule has 23 heavy (non-hydrogen) atoms. The Hall–Kier alpha value is -1.14. The molecule has 0 unspecified atom stereocenters. The highest BCUT2D eigenvalue weighted by Gasteiger charge is 2.26. The Morgan fingerprint density at radius 3 is 3.04 bits per heavy atom. The fourth-order valence-electron chi connectivity index (χ4n) is 3.37. The molecule has 2 aliphatic rings. The van der Waals surface area contributed by atoms with Crippen LogP contribution in [0.1, 0.15) is 49.5 Å². The zero-order valence-corrected chi connectivity index (χ0v) is 14.8. The standard InChI is InChI=1S/C17H20N2O2S2/c1-10-6-7-13-11(8-10)9-15(22-13)16-18-19-17(21-16)23-14-5-3-2-4-12(14)20/h9-10,14H,2-8H2,1H3/t10-,14-/m0/s1. The van der Waals surface area contributed by atoms with E-state index < -0.39 is 0 Å². The summed E-state index contributed by atoms with van der Waals surface area (Å²) in [5.41, 5.74) is 1.44. The Morgan fingerprint density at radius 1 is 1.26 bits per heavy atom. The van der Waals surface area contributed by atoms with Crippen molar-refractivity contribution in [2.45, 2.75) is 62.3 Å². The van der Waals surface area contributed by atoms with Gasteiger partial charge in [0.1, 0.15) is 5.78 Å². The van der Waals surface area contributed by atoms with Crippen LogP contribution in [0.5, 0.6) is 0 Å². The Balaban J connectivity index is 1.50. The maximum Gasteiger partial charge on any atom is 0.277 e. The number of carbonyl (C=O) groups excluding carboxylic acids is 1. The highest BCUT2D eigenvalue weighted by atomic mass is 32.2. The van der Waals surface area contributed by atoms with E-state index in [1.165, 1.54) is 28.6 Å². The minimum Gasteiger partial charge on any atom is -0.410 e. The first-order valence-electron chi connectivity index (χ1n) is 8.34. The summed E-state index contributed by atoms with van der Waals surface area (Å²) in [6.45, 7) is 2.31. The van der Waals surface area contributed by atoms with E-state index in [9.17, 15) is 4.79 Å². The first-order valence-corrected chi connectivity index (χ1v) is 10.0. The molecular formula is C17H20N2O2S2. The first kappa shape index (κ1) is 15.4. The zero-order chi connectivity index (χ0) is 15.8. The summed E-state index contributed by atoms with van der Waals surface area (Å²) in [5.74, 6) is 1.68. The Morgan fingerprint density at radius 2 is 2.17 bits per heavy atom. The Kier molecular flexibility index (Phi) is 4.28. The van der Waals surface area contributed by atoms with Crippen molar-refractivity contribution in [1.29, 1.82) is 0 Å². The fourth-order valence-corrected chi connectivity index (χ4v) is 5.49. The van der Waals surface area contributed by atoms with Crippen molar-refractivity contribution in [1.82, 2.24) is 10.2 Å². The molecule has 0 saturated heterocycles. The van der Waals surface area contributed by atoms with Gasteiger partial charge in [0.25, 0.3) is 11.1 Å². The number of aryl methyl sites for hydroxylation is 1. The second kappa shape index (κ2) is 6.40. The molecule has 6 heteroatoms. The molecule has 0 N–H and O–H groups in total. The molecule has 2 heterocycles. The van der Waals surface area contributed by atoms with Crippen LogP contribution in [-0.4, -0.2) is 21.2 Å². The van der Waals surface area contributed by atoms with Gasteiger partial charge < -0.3 is 4.42 Å². The van der Waals surface area contributed by atoms with Crippen molar-refractivity contribution in [2.75, 3.05) is 0 Å². The Labute approximate surface area is 144 Å². The average Bonchev–Trinajstić information content (AvgIpc) is 3.15. The number of ketones is 1. The van der Waals surface area contributed by atoms with Gasteiger partial charge in [0.05, 0.1) is 10.1 Å². The molecule has 1 fully saturated rings. The van der Waals surface area contributed by atoms with Gasteiger partial charge in [0.2, 0.25) is 0 Å². The molecule has 2 aromatic rings. The molecule has 0 spiro atoms. The van der Waals surface area contributed by atoms with Crippen LogP contribution in [-0.2, 0) is 17.6 Å². The summed E-state index contributed by atoms with van der Waals surface area (Å²) in [4.78, 5) is 14.5. The number of fused-ring (bicyclic) bond motifs is 1. The smallest absolute Gasteiger partial charge is 0.277 e. The second-order valence-electron chi connectivity index (χ2n) is 6.60. The third-order valence-corrected chi connectivity index (χ3v) is 7.06.